The second kappa shape index (κ2) is 7.03. The molecule has 0 aliphatic carbocycles. The largest absolute Gasteiger partial charge is 0.360 e. The van der Waals surface area contributed by atoms with Crippen molar-refractivity contribution < 1.29 is 0 Å². The summed E-state index contributed by atoms with van der Waals surface area (Å²) in [6.45, 7) is 23.2. The van der Waals surface area contributed by atoms with Gasteiger partial charge in [-0.3, -0.25) is 0 Å². The van der Waals surface area contributed by atoms with Crippen LogP contribution in [0.25, 0.3) is 21.3 Å². The van der Waals surface area contributed by atoms with E-state index < -0.39 is 0 Å². The first kappa shape index (κ1) is 22.3. The molecule has 0 bridgehead atoms. The molecule has 0 saturated carbocycles. The van der Waals surface area contributed by atoms with E-state index in [1.807, 2.05) is 17.5 Å². The van der Waals surface area contributed by atoms with Crippen molar-refractivity contribution in [2.75, 3.05) is 0 Å². The molecule has 0 spiro atoms. The molecular formula is C27H39N3S. The van der Waals surface area contributed by atoms with Crippen LogP contribution in [0.15, 0.2) is 24.4 Å². The summed E-state index contributed by atoms with van der Waals surface area (Å²) in [5.41, 5.74) is 7.01. The van der Waals surface area contributed by atoms with Gasteiger partial charge in [0.05, 0.1) is 11.0 Å². The Labute approximate surface area is 191 Å². The van der Waals surface area contributed by atoms with Crippen LogP contribution in [-0.2, 0) is 22.8 Å². The maximum Gasteiger partial charge on any atom is 0.100 e. The van der Waals surface area contributed by atoms with Crippen molar-refractivity contribution in [3.8, 4) is 0 Å². The van der Waals surface area contributed by atoms with E-state index >= 15 is 0 Å². The minimum absolute atomic E-state index is 0.0281. The highest BCUT2D eigenvalue weighted by Gasteiger charge is 2.32. The molecule has 0 aliphatic rings. The quantitative estimate of drug-likeness (QED) is 0.323. The molecule has 0 saturated heterocycles. The van der Waals surface area contributed by atoms with Crippen molar-refractivity contribution >= 4 is 32.6 Å². The lowest BCUT2D eigenvalue weighted by atomic mass is 9.83. The predicted molar refractivity (Wildman–Crippen MR) is 137 cm³/mol. The number of hydrogen-bond acceptors (Lipinski definition) is 1. The number of thiophene rings is 1. The van der Waals surface area contributed by atoms with Crippen LogP contribution in [0.4, 0.5) is 0 Å². The Kier molecular flexibility index (Phi) is 5.05. The van der Waals surface area contributed by atoms with Crippen LogP contribution in [0.3, 0.4) is 0 Å². The van der Waals surface area contributed by atoms with Crippen LogP contribution in [0.2, 0.25) is 0 Å². The van der Waals surface area contributed by atoms with Gasteiger partial charge in [-0.25, -0.2) is 0 Å². The van der Waals surface area contributed by atoms with E-state index in [-0.39, 0.29) is 16.4 Å². The van der Waals surface area contributed by atoms with Crippen molar-refractivity contribution in [2.45, 2.75) is 97.9 Å². The number of rotatable bonds is 4. The van der Waals surface area contributed by atoms with E-state index in [2.05, 4.69) is 102 Å². The molecule has 4 rings (SSSR count). The summed E-state index contributed by atoms with van der Waals surface area (Å²) in [5.74, 6) is 0.511. The Morgan fingerprint density at radius 1 is 1.00 bits per heavy atom. The minimum Gasteiger partial charge on any atom is -0.360 e. The first-order chi connectivity index (χ1) is 14.2. The van der Waals surface area contributed by atoms with E-state index in [1.165, 1.54) is 43.1 Å². The normalized spacial score (nSPS) is 13.9. The number of aromatic amines is 2. The molecule has 168 valence electrons. The Morgan fingerprint density at radius 3 is 2.26 bits per heavy atom. The summed E-state index contributed by atoms with van der Waals surface area (Å²) in [6.07, 6.45) is 3.08. The van der Waals surface area contributed by atoms with E-state index in [0.29, 0.717) is 5.92 Å². The fourth-order valence-electron chi connectivity index (χ4n) is 5.09. The maximum absolute atomic E-state index is 3.79. The third-order valence-electron chi connectivity index (χ3n) is 6.41. The van der Waals surface area contributed by atoms with Crippen LogP contribution in [-0.4, -0.2) is 14.5 Å². The summed E-state index contributed by atoms with van der Waals surface area (Å²) in [7, 11) is 0. The average molecular weight is 438 g/mol. The summed E-state index contributed by atoms with van der Waals surface area (Å²) in [4.78, 5) is 10.0. The number of aromatic nitrogens is 3. The zero-order valence-corrected chi connectivity index (χ0v) is 21.8. The average Bonchev–Trinajstić information content (AvgIpc) is 3.28. The van der Waals surface area contributed by atoms with Gasteiger partial charge >= 0.3 is 0 Å². The van der Waals surface area contributed by atoms with Crippen LogP contribution in [0, 0.1) is 0 Å². The van der Waals surface area contributed by atoms with Gasteiger partial charge in [0.25, 0.3) is 0 Å². The second-order valence-corrected chi connectivity index (χ2v) is 13.3. The van der Waals surface area contributed by atoms with Gasteiger partial charge < -0.3 is 14.5 Å². The zero-order valence-electron chi connectivity index (χ0n) is 20.9. The predicted octanol–water partition coefficient (Wildman–Crippen LogP) is 8.21. The number of H-pyrrole nitrogens is 2. The Balaban J connectivity index is 1.77. The fourth-order valence-corrected chi connectivity index (χ4v) is 6.40. The Bertz CT molecular complexity index is 1230. The van der Waals surface area contributed by atoms with Gasteiger partial charge in [-0.15, -0.1) is 11.3 Å². The summed E-state index contributed by atoms with van der Waals surface area (Å²) in [5, 5.41) is 1.43. The van der Waals surface area contributed by atoms with Gasteiger partial charge in [0.15, 0.2) is 0 Å². The highest BCUT2D eigenvalue weighted by molar-refractivity contribution is 7.18. The van der Waals surface area contributed by atoms with E-state index in [1.54, 1.807) is 0 Å². The third-order valence-corrected chi connectivity index (χ3v) is 7.46. The first-order valence-corrected chi connectivity index (χ1v) is 12.4. The molecule has 0 amide bonds. The molecular weight excluding hydrogens is 398 g/mol. The number of hydrogen-bond donors (Lipinski definition) is 2. The standard InChI is InChI=1S/C27H39N3S/c1-16(2)22-18-13-17(31-24(18)29-23(22)25(3,4)5)15-27(9,10)21-14-19-20(11-12-28-19)30(21)26(6,7)8/h11-14,16,28-29H,15H2,1-10H3. The molecule has 0 atom stereocenters. The lowest BCUT2D eigenvalue weighted by molar-refractivity contribution is 0.362. The molecule has 4 aromatic rings. The summed E-state index contributed by atoms with van der Waals surface area (Å²) < 4.78 is 2.52. The van der Waals surface area contributed by atoms with Gasteiger partial charge in [-0.05, 0) is 56.9 Å². The summed E-state index contributed by atoms with van der Waals surface area (Å²) in [6, 6.07) is 7.02. The van der Waals surface area contributed by atoms with Crippen molar-refractivity contribution in [3.63, 3.8) is 0 Å². The summed E-state index contributed by atoms with van der Waals surface area (Å²) >= 11 is 1.94. The topological polar surface area (TPSA) is 36.5 Å². The molecule has 4 aromatic heterocycles. The van der Waals surface area contributed by atoms with Crippen molar-refractivity contribution in [2.24, 2.45) is 0 Å². The molecule has 0 fully saturated rings. The molecule has 3 nitrogen and oxygen atoms in total. The Morgan fingerprint density at radius 2 is 1.68 bits per heavy atom. The number of fused-ring (bicyclic) bond motifs is 2. The second-order valence-electron chi connectivity index (χ2n) is 12.1. The lowest BCUT2D eigenvalue weighted by Gasteiger charge is -2.33. The maximum atomic E-state index is 3.79. The monoisotopic (exact) mass is 437 g/mol. The first-order valence-electron chi connectivity index (χ1n) is 11.5. The van der Waals surface area contributed by atoms with Gasteiger partial charge in [-0.2, -0.15) is 0 Å². The van der Waals surface area contributed by atoms with Gasteiger partial charge in [0, 0.05) is 44.2 Å². The van der Waals surface area contributed by atoms with Crippen molar-refractivity contribution in [1.29, 1.82) is 0 Å². The molecule has 2 N–H and O–H groups in total. The number of nitrogens with zero attached hydrogens (tertiary/aromatic N) is 1. The molecule has 4 heteroatoms. The van der Waals surface area contributed by atoms with E-state index in [0.717, 1.165) is 6.42 Å². The zero-order chi connectivity index (χ0) is 22.9. The number of nitrogens with one attached hydrogen (secondary N) is 2. The molecule has 0 aromatic carbocycles. The SMILES string of the molecule is CC(C)c1c(C(C)(C)C)[nH]c2sc(CC(C)(C)c3cc4[nH]ccc4n3C(C)(C)C)cc12. The van der Waals surface area contributed by atoms with E-state index in [4.69, 9.17) is 0 Å². The molecule has 4 heterocycles. The smallest absolute Gasteiger partial charge is 0.100 e. The van der Waals surface area contributed by atoms with Gasteiger partial charge in [0.2, 0.25) is 0 Å². The van der Waals surface area contributed by atoms with Crippen LogP contribution in [0.5, 0.6) is 0 Å². The molecule has 31 heavy (non-hydrogen) atoms. The van der Waals surface area contributed by atoms with E-state index in [9.17, 15) is 0 Å². The van der Waals surface area contributed by atoms with Crippen LogP contribution < -0.4 is 0 Å². The van der Waals surface area contributed by atoms with Crippen molar-refractivity contribution in [3.05, 3.63) is 46.2 Å². The van der Waals surface area contributed by atoms with Crippen molar-refractivity contribution in [1.82, 2.24) is 14.5 Å². The third kappa shape index (κ3) is 3.77. The van der Waals surface area contributed by atoms with Gasteiger partial charge in [0.1, 0.15) is 4.83 Å². The molecule has 0 aliphatic heterocycles. The van der Waals surface area contributed by atoms with Gasteiger partial charge in [-0.1, -0.05) is 48.5 Å². The van der Waals surface area contributed by atoms with Crippen LogP contribution >= 0.6 is 11.3 Å². The highest BCUT2D eigenvalue weighted by Crippen LogP contribution is 2.42. The fraction of sp³-hybridized carbons (Fsp3) is 0.556. The lowest BCUT2D eigenvalue weighted by Crippen LogP contribution is -2.31. The minimum atomic E-state index is 0.0281. The molecule has 0 unspecified atom stereocenters. The Hall–Kier alpha value is -1.94. The molecule has 0 radical (unpaired) electrons. The highest BCUT2D eigenvalue weighted by atomic mass is 32.1. The van der Waals surface area contributed by atoms with Crippen LogP contribution in [0.1, 0.15) is 97.0 Å².